The number of fused-ring (bicyclic) bond motifs is 1. The maximum Gasteiger partial charge on any atom is 0.425 e. The zero-order chi connectivity index (χ0) is 37.3. The fraction of sp³-hybridized carbons (Fsp3) is 0.543. The molecule has 5 heterocycles. The van der Waals surface area contributed by atoms with E-state index in [1.165, 1.54) is 21.1 Å². The van der Waals surface area contributed by atoms with Gasteiger partial charge in [0.2, 0.25) is 5.60 Å². The lowest BCUT2D eigenvalue weighted by Gasteiger charge is -2.53. The number of amides is 2. The van der Waals surface area contributed by atoms with E-state index >= 15 is 4.79 Å². The number of carbonyl (C=O) groups excluding carboxylic acids is 2. The van der Waals surface area contributed by atoms with Crippen LogP contribution in [0.3, 0.4) is 0 Å². The minimum Gasteiger partial charge on any atom is -0.481 e. The molecular formula is C35H37F6N3O5S2. The van der Waals surface area contributed by atoms with Crippen molar-refractivity contribution >= 4 is 40.5 Å². The van der Waals surface area contributed by atoms with Crippen LogP contribution in [0.2, 0.25) is 0 Å². The summed E-state index contributed by atoms with van der Waals surface area (Å²) < 4.78 is 90.4. The lowest BCUT2D eigenvalue weighted by atomic mass is 9.76. The van der Waals surface area contributed by atoms with Crippen LogP contribution in [0.15, 0.2) is 35.8 Å². The van der Waals surface area contributed by atoms with Gasteiger partial charge in [0.1, 0.15) is 16.3 Å². The van der Waals surface area contributed by atoms with Crippen LogP contribution in [0.25, 0.3) is 0 Å². The molecule has 51 heavy (non-hydrogen) atoms. The molecule has 276 valence electrons. The van der Waals surface area contributed by atoms with Crippen LogP contribution in [0.1, 0.15) is 95.2 Å². The number of piperidine rings is 1. The molecule has 1 N–H and O–H groups in total. The predicted molar refractivity (Wildman–Crippen MR) is 177 cm³/mol. The Kier molecular flexibility index (Phi) is 9.30. The molecule has 2 amide bonds. The molecule has 3 aliphatic rings. The van der Waals surface area contributed by atoms with E-state index in [4.69, 9.17) is 4.74 Å². The average molecular weight is 758 g/mol. The minimum absolute atomic E-state index is 0.000269. The number of aromatic nitrogens is 1. The Morgan fingerprint density at radius 3 is 2.43 bits per heavy atom. The third-order valence-corrected chi connectivity index (χ3v) is 12.6. The van der Waals surface area contributed by atoms with Crippen molar-refractivity contribution in [2.24, 2.45) is 11.3 Å². The maximum atomic E-state index is 15.5. The molecule has 1 spiro atoms. The number of carboxylic acid groups (broad SMARTS) is 1. The number of aryl methyl sites for hydroxylation is 1. The number of hydrogen-bond donors (Lipinski definition) is 1. The van der Waals surface area contributed by atoms with E-state index in [0.29, 0.717) is 24.2 Å². The summed E-state index contributed by atoms with van der Waals surface area (Å²) in [6.45, 7) is 6.89. The van der Waals surface area contributed by atoms with E-state index in [1.54, 1.807) is 20.8 Å². The monoisotopic (exact) mass is 757 g/mol. The van der Waals surface area contributed by atoms with E-state index < -0.39 is 74.8 Å². The van der Waals surface area contributed by atoms with Crippen LogP contribution in [-0.4, -0.2) is 61.9 Å². The molecule has 1 aliphatic carbocycles. The van der Waals surface area contributed by atoms with Crippen molar-refractivity contribution in [2.45, 2.75) is 95.8 Å². The molecule has 0 bridgehead atoms. The largest absolute Gasteiger partial charge is 0.481 e. The van der Waals surface area contributed by atoms with Gasteiger partial charge in [0.15, 0.2) is 0 Å². The number of pyridine rings is 1. The zero-order valence-electron chi connectivity index (χ0n) is 28.3. The second-order valence-electron chi connectivity index (χ2n) is 14.2. The number of hydrogen-bond acceptors (Lipinski definition) is 7. The number of nitrogens with zero attached hydrogens (tertiary/aromatic N) is 3. The third kappa shape index (κ3) is 6.29. The second-order valence-corrected chi connectivity index (χ2v) is 16.4. The van der Waals surface area contributed by atoms with Gasteiger partial charge < -0.3 is 19.6 Å². The van der Waals surface area contributed by atoms with Gasteiger partial charge in [-0.1, -0.05) is 13.3 Å². The highest BCUT2D eigenvalue weighted by molar-refractivity contribution is 7.12. The van der Waals surface area contributed by atoms with Crippen molar-refractivity contribution in [1.29, 1.82) is 0 Å². The summed E-state index contributed by atoms with van der Waals surface area (Å²) >= 11 is 1.91. The molecular weight excluding hydrogens is 721 g/mol. The minimum atomic E-state index is -4.92. The molecule has 0 aromatic carbocycles. The normalized spacial score (nSPS) is 25.1. The average Bonchev–Trinajstić information content (AvgIpc) is 3.35. The van der Waals surface area contributed by atoms with E-state index in [2.05, 4.69) is 4.98 Å². The van der Waals surface area contributed by atoms with Crippen molar-refractivity contribution in [2.75, 3.05) is 13.1 Å². The first kappa shape index (κ1) is 37.1. The van der Waals surface area contributed by atoms with Gasteiger partial charge in [-0.3, -0.25) is 19.4 Å². The second kappa shape index (κ2) is 12.8. The van der Waals surface area contributed by atoms with Crippen molar-refractivity contribution < 1.29 is 50.6 Å². The molecule has 4 atom stereocenters. The maximum absolute atomic E-state index is 15.5. The number of carboxylic acids is 1. The predicted octanol–water partition coefficient (Wildman–Crippen LogP) is 8.40. The first-order chi connectivity index (χ1) is 23.8. The van der Waals surface area contributed by atoms with Gasteiger partial charge in [-0.15, -0.1) is 22.7 Å². The first-order valence-corrected chi connectivity index (χ1v) is 18.3. The van der Waals surface area contributed by atoms with Gasteiger partial charge in [-0.25, -0.2) is 0 Å². The van der Waals surface area contributed by atoms with E-state index in [0.717, 1.165) is 45.1 Å². The number of alkyl halides is 6. The molecule has 1 saturated heterocycles. The molecule has 6 rings (SSSR count). The van der Waals surface area contributed by atoms with E-state index in [1.807, 2.05) is 13.0 Å². The molecule has 0 radical (unpaired) electrons. The highest BCUT2D eigenvalue weighted by Crippen LogP contribution is 2.63. The summed E-state index contributed by atoms with van der Waals surface area (Å²) in [5.74, 6) is -3.50. The quantitative estimate of drug-likeness (QED) is 0.232. The van der Waals surface area contributed by atoms with Crippen LogP contribution in [0, 0.1) is 18.3 Å². The van der Waals surface area contributed by atoms with Crippen LogP contribution in [-0.2, 0) is 28.4 Å². The molecule has 8 nitrogen and oxygen atoms in total. The SMILES string of the molecule is CC[C@@H]1C[C@]12N(C(=O)c1ncccc1C(F)(F)F)CCC[C@@]2(Oc1csc(C(F)(F)F)c1)C(=O)N1CCc2sc(C)cc2C1CC(C)(C)C(=O)O. The van der Waals surface area contributed by atoms with Crippen LogP contribution in [0.5, 0.6) is 5.75 Å². The van der Waals surface area contributed by atoms with Crippen molar-refractivity contribution in [1.82, 2.24) is 14.8 Å². The molecule has 2 aliphatic heterocycles. The van der Waals surface area contributed by atoms with E-state index in [-0.39, 0.29) is 44.5 Å². The zero-order valence-corrected chi connectivity index (χ0v) is 29.9. The van der Waals surface area contributed by atoms with Gasteiger partial charge in [-0.05, 0) is 76.1 Å². The fourth-order valence-electron chi connectivity index (χ4n) is 8.03. The Balaban J connectivity index is 1.52. The highest BCUT2D eigenvalue weighted by atomic mass is 32.1. The Hall–Kier alpha value is -3.66. The lowest BCUT2D eigenvalue weighted by molar-refractivity contribution is -0.167. The number of likely N-dealkylation sites (tertiary alicyclic amines) is 1. The summed E-state index contributed by atoms with van der Waals surface area (Å²) in [5.41, 5.74) is -6.19. The summed E-state index contributed by atoms with van der Waals surface area (Å²) in [4.78, 5) is 49.8. The summed E-state index contributed by atoms with van der Waals surface area (Å²) in [5, 5.41) is 11.2. The smallest absolute Gasteiger partial charge is 0.425 e. The Morgan fingerprint density at radius 2 is 1.82 bits per heavy atom. The Bertz CT molecular complexity index is 1850. The number of aliphatic carboxylic acids is 1. The summed E-state index contributed by atoms with van der Waals surface area (Å²) in [6.07, 6.45) is -7.55. The van der Waals surface area contributed by atoms with E-state index in [9.17, 15) is 41.0 Å². The molecule has 3 aromatic rings. The number of halogens is 6. The van der Waals surface area contributed by atoms with Gasteiger partial charge in [0.25, 0.3) is 11.8 Å². The summed E-state index contributed by atoms with van der Waals surface area (Å²) in [6, 6.07) is 3.75. The van der Waals surface area contributed by atoms with Gasteiger partial charge in [0, 0.05) is 46.9 Å². The van der Waals surface area contributed by atoms with Crippen molar-refractivity contribution in [3.63, 3.8) is 0 Å². The van der Waals surface area contributed by atoms with Crippen molar-refractivity contribution in [3.8, 4) is 5.75 Å². The van der Waals surface area contributed by atoms with Crippen LogP contribution >= 0.6 is 22.7 Å². The standard InChI is InChI=1S/C35H37F6N3O5S2/c1-5-20-16-32(20)33(49-21-15-26(50-18-21)35(39,40)41,10-7-12-44(32)28(45)27-23(34(36,37)38)8-6-11-42-27)29(46)43-13-9-25-22(14-19(2)51-25)24(43)17-31(3,4)30(47)48/h6,8,11,14-15,18,20,24H,5,7,9-10,12-13,16-17H2,1-4H3,(H,47,48)/t20-,24?,32+,33-/m1/s1. The molecule has 1 saturated carbocycles. The Morgan fingerprint density at radius 1 is 1.10 bits per heavy atom. The van der Waals surface area contributed by atoms with Crippen LogP contribution < -0.4 is 4.74 Å². The Labute approximate surface area is 298 Å². The third-order valence-electron chi connectivity index (χ3n) is 10.5. The van der Waals surface area contributed by atoms with Gasteiger partial charge in [-0.2, -0.15) is 26.3 Å². The van der Waals surface area contributed by atoms with Gasteiger partial charge in [0.05, 0.1) is 22.6 Å². The number of thiophene rings is 2. The molecule has 2 fully saturated rings. The highest BCUT2D eigenvalue weighted by Gasteiger charge is 2.76. The first-order valence-electron chi connectivity index (χ1n) is 16.6. The summed E-state index contributed by atoms with van der Waals surface area (Å²) in [7, 11) is 0. The number of ether oxygens (including phenoxy) is 1. The number of rotatable bonds is 8. The lowest BCUT2D eigenvalue weighted by Crippen LogP contribution is -2.71. The fourth-order valence-corrected chi connectivity index (χ4v) is 9.79. The van der Waals surface area contributed by atoms with Gasteiger partial charge >= 0.3 is 18.3 Å². The van der Waals surface area contributed by atoms with Crippen LogP contribution in [0.4, 0.5) is 26.3 Å². The molecule has 1 unspecified atom stereocenters. The topological polar surface area (TPSA) is 100 Å². The molecule has 3 aromatic heterocycles. The number of carbonyl (C=O) groups is 3. The van der Waals surface area contributed by atoms with Crippen molar-refractivity contribution in [3.05, 3.63) is 67.3 Å². The molecule has 16 heteroatoms.